The van der Waals surface area contributed by atoms with Crippen molar-refractivity contribution in [1.82, 2.24) is 14.5 Å². The van der Waals surface area contributed by atoms with Crippen LogP contribution in [0.4, 0.5) is 5.69 Å². The number of aromatic amines is 1. The fourth-order valence-corrected chi connectivity index (χ4v) is 3.58. The van der Waals surface area contributed by atoms with Crippen molar-refractivity contribution in [1.29, 1.82) is 0 Å². The van der Waals surface area contributed by atoms with Crippen molar-refractivity contribution < 1.29 is 9.53 Å². The maximum Gasteiger partial charge on any atom is 0.328 e. The van der Waals surface area contributed by atoms with E-state index in [1.807, 2.05) is 18.2 Å². The topological polar surface area (TPSA) is 106 Å². The van der Waals surface area contributed by atoms with Crippen molar-refractivity contribution in [3.8, 4) is 5.75 Å². The highest BCUT2D eigenvalue weighted by Gasteiger charge is 2.22. The van der Waals surface area contributed by atoms with E-state index in [-0.39, 0.29) is 5.56 Å². The Hall–Kier alpha value is -3.42. The number of methoxy groups -OCH3 is 1. The maximum atomic E-state index is 12.9. The summed E-state index contributed by atoms with van der Waals surface area (Å²) >= 11 is 0. The zero-order chi connectivity index (χ0) is 19.8. The number of hydrogen-bond donors (Lipinski definition) is 2. The van der Waals surface area contributed by atoms with Gasteiger partial charge >= 0.3 is 5.69 Å². The number of fused-ring (bicyclic) bond motifs is 2. The second kappa shape index (κ2) is 6.95. The lowest BCUT2D eigenvalue weighted by Crippen LogP contribution is -2.33. The minimum absolute atomic E-state index is 0.125. The number of pyridine rings is 1. The summed E-state index contributed by atoms with van der Waals surface area (Å²) in [5.41, 5.74) is 1.95. The lowest BCUT2D eigenvalue weighted by Gasteiger charge is -2.21. The van der Waals surface area contributed by atoms with Crippen molar-refractivity contribution in [2.75, 3.05) is 12.4 Å². The fourth-order valence-electron chi connectivity index (χ4n) is 3.58. The van der Waals surface area contributed by atoms with Crippen LogP contribution in [-0.2, 0) is 19.9 Å². The van der Waals surface area contributed by atoms with Gasteiger partial charge in [-0.2, -0.15) is 0 Å². The number of anilines is 1. The van der Waals surface area contributed by atoms with Gasteiger partial charge in [0.15, 0.2) is 0 Å². The molecule has 1 aromatic carbocycles. The summed E-state index contributed by atoms with van der Waals surface area (Å²) in [4.78, 5) is 43.5. The molecule has 1 aliphatic carbocycles. The lowest BCUT2D eigenvalue weighted by atomic mass is 9.92. The fraction of sp³-hybridized carbons (Fsp3) is 0.300. The van der Waals surface area contributed by atoms with Crippen LogP contribution >= 0.6 is 0 Å². The first kappa shape index (κ1) is 18.0. The monoisotopic (exact) mass is 380 g/mol. The molecule has 8 heteroatoms. The van der Waals surface area contributed by atoms with Gasteiger partial charge in [-0.1, -0.05) is 0 Å². The van der Waals surface area contributed by atoms with Gasteiger partial charge in [0.1, 0.15) is 11.3 Å². The number of rotatable bonds is 3. The molecule has 3 aromatic rings. The van der Waals surface area contributed by atoms with Gasteiger partial charge in [0.05, 0.1) is 18.3 Å². The van der Waals surface area contributed by atoms with E-state index in [9.17, 15) is 14.4 Å². The summed E-state index contributed by atoms with van der Waals surface area (Å²) in [6.07, 6.45) is 4.95. The van der Waals surface area contributed by atoms with E-state index in [0.29, 0.717) is 11.4 Å². The third-order valence-corrected chi connectivity index (χ3v) is 5.06. The van der Waals surface area contributed by atoms with Crippen molar-refractivity contribution in [2.24, 2.45) is 7.05 Å². The molecule has 0 spiro atoms. The van der Waals surface area contributed by atoms with Crippen LogP contribution in [0.5, 0.6) is 5.75 Å². The quantitative estimate of drug-likeness (QED) is 0.720. The molecule has 0 aliphatic heterocycles. The molecule has 144 valence electrons. The Bertz CT molecular complexity index is 1210. The zero-order valence-electron chi connectivity index (χ0n) is 15.7. The van der Waals surface area contributed by atoms with Crippen molar-refractivity contribution >= 4 is 22.5 Å². The summed E-state index contributed by atoms with van der Waals surface area (Å²) in [6, 6.07) is 5.52. The summed E-state index contributed by atoms with van der Waals surface area (Å²) < 4.78 is 6.49. The Morgan fingerprint density at radius 2 is 2.04 bits per heavy atom. The molecule has 2 N–H and O–H groups in total. The Kier molecular flexibility index (Phi) is 4.46. The van der Waals surface area contributed by atoms with Crippen molar-refractivity contribution in [3.05, 3.63) is 62.1 Å². The molecule has 0 radical (unpaired) electrons. The van der Waals surface area contributed by atoms with Gasteiger partial charge in [-0.25, -0.2) is 4.79 Å². The molecule has 0 bridgehead atoms. The molecule has 1 amide bonds. The number of nitrogens with one attached hydrogen (secondary N) is 2. The molecule has 4 rings (SSSR count). The minimum atomic E-state index is -0.717. The Labute approximate surface area is 160 Å². The van der Waals surface area contributed by atoms with Crippen LogP contribution in [0.25, 0.3) is 10.9 Å². The summed E-state index contributed by atoms with van der Waals surface area (Å²) in [5, 5.41) is 3.66. The Morgan fingerprint density at radius 3 is 2.82 bits per heavy atom. The van der Waals surface area contributed by atoms with E-state index in [4.69, 9.17) is 9.72 Å². The molecule has 0 saturated carbocycles. The van der Waals surface area contributed by atoms with Crippen LogP contribution in [0.15, 0.2) is 34.0 Å². The highest BCUT2D eigenvalue weighted by Crippen LogP contribution is 2.35. The van der Waals surface area contributed by atoms with Gasteiger partial charge in [0.2, 0.25) is 0 Å². The van der Waals surface area contributed by atoms with E-state index in [1.165, 1.54) is 17.8 Å². The number of hydrogen-bond acceptors (Lipinski definition) is 5. The van der Waals surface area contributed by atoms with Crippen molar-refractivity contribution in [2.45, 2.75) is 25.7 Å². The Morgan fingerprint density at radius 1 is 1.25 bits per heavy atom. The van der Waals surface area contributed by atoms with Crippen LogP contribution in [-0.4, -0.2) is 27.6 Å². The molecule has 8 nitrogen and oxygen atoms in total. The zero-order valence-corrected chi connectivity index (χ0v) is 15.7. The van der Waals surface area contributed by atoms with Crippen LogP contribution in [0.2, 0.25) is 0 Å². The second-order valence-electron chi connectivity index (χ2n) is 6.87. The Balaban J connectivity index is 1.87. The van der Waals surface area contributed by atoms with Gasteiger partial charge < -0.3 is 14.6 Å². The predicted octanol–water partition coefficient (Wildman–Crippen LogP) is 1.76. The number of nitrogens with zero attached hydrogens (tertiary/aromatic N) is 2. The number of ether oxygens (including phenoxy) is 1. The smallest absolute Gasteiger partial charge is 0.328 e. The van der Waals surface area contributed by atoms with Gasteiger partial charge in [-0.15, -0.1) is 0 Å². The number of carbonyl (C=O) groups excluding carboxylic acids is 1. The first-order valence-corrected chi connectivity index (χ1v) is 9.08. The predicted molar refractivity (Wildman–Crippen MR) is 105 cm³/mol. The number of carbonyl (C=O) groups is 1. The molecule has 0 atom stereocenters. The molecular weight excluding hydrogens is 360 g/mol. The number of aryl methyl sites for hydroxylation is 2. The number of amides is 1. The molecular formula is C20H20N4O4. The van der Waals surface area contributed by atoms with E-state index < -0.39 is 17.2 Å². The summed E-state index contributed by atoms with van der Waals surface area (Å²) in [5.74, 6) is 0.0838. The largest absolute Gasteiger partial charge is 0.497 e. The number of H-pyrrole nitrogens is 1. The van der Waals surface area contributed by atoms with Gasteiger partial charge in [-0.05, 0) is 49.4 Å². The molecule has 2 aromatic heterocycles. The normalized spacial score (nSPS) is 13.2. The van der Waals surface area contributed by atoms with Gasteiger partial charge in [0.25, 0.3) is 11.5 Å². The minimum Gasteiger partial charge on any atom is -0.497 e. The van der Waals surface area contributed by atoms with Gasteiger partial charge in [-0.3, -0.25) is 19.6 Å². The summed E-state index contributed by atoms with van der Waals surface area (Å²) in [7, 11) is 3.05. The molecule has 0 saturated heterocycles. The highest BCUT2D eigenvalue weighted by molar-refractivity contribution is 6.09. The van der Waals surface area contributed by atoms with E-state index in [2.05, 4.69) is 10.3 Å². The van der Waals surface area contributed by atoms with Crippen LogP contribution < -0.4 is 21.3 Å². The molecule has 28 heavy (non-hydrogen) atoms. The number of aromatic nitrogens is 3. The van der Waals surface area contributed by atoms with Gasteiger partial charge in [0, 0.05) is 24.3 Å². The van der Waals surface area contributed by atoms with E-state index in [1.54, 1.807) is 7.11 Å². The van der Waals surface area contributed by atoms with E-state index in [0.717, 1.165) is 47.8 Å². The van der Waals surface area contributed by atoms with Crippen LogP contribution in [0.1, 0.15) is 34.5 Å². The van der Waals surface area contributed by atoms with Crippen molar-refractivity contribution in [3.63, 3.8) is 0 Å². The van der Waals surface area contributed by atoms with Crippen LogP contribution in [0.3, 0.4) is 0 Å². The SMILES string of the molecule is COc1ccc2nc3c(c(NC(=O)c4cn(C)c(=O)[nH]c4=O)c2c1)CCCC3. The lowest BCUT2D eigenvalue weighted by molar-refractivity contribution is 0.102. The first-order valence-electron chi connectivity index (χ1n) is 9.08. The summed E-state index contributed by atoms with van der Waals surface area (Å²) in [6.45, 7) is 0. The molecule has 1 aliphatic rings. The highest BCUT2D eigenvalue weighted by atomic mass is 16.5. The van der Waals surface area contributed by atoms with Crippen LogP contribution in [0, 0.1) is 0 Å². The third kappa shape index (κ3) is 3.06. The number of benzene rings is 1. The third-order valence-electron chi connectivity index (χ3n) is 5.06. The maximum absolute atomic E-state index is 12.9. The molecule has 2 heterocycles. The molecule has 0 unspecified atom stereocenters. The average molecular weight is 380 g/mol. The second-order valence-corrected chi connectivity index (χ2v) is 6.87. The average Bonchev–Trinajstić information content (AvgIpc) is 2.70. The first-order chi connectivity index (χ1) is 13.5. The van der Waals surface area contributed by atoms with E-state index >= 15 is 0 Å². The molecule has 0 fully saturated rings. The standard InChI is InChI=1S/C20H20N4O4/c1-24-10-14(19(26)23-20(24)27)18(25)22-17-12-5-3-4-6-15(12)21-16-8-7-11(28-2)9-13(16)17/h7-10H,3-6H2,1-2H3,(H,21,22,25)(H,23,26,27).